The van der Waals surface area contributed by atoms with E-state index in [2.05, 4.69) is 27.6 Å². The van der Waals surface area contributed by atoms with Crippen LogP contribution in [0, 0.1) is 11.8 Å². The predicted octanol–water partition coefficient (Wildman–Crippen LogP) is 3.33. The molecular formula is C13H16ClIN3O+. The van der Waals surface area contributed by atoms with E-state index in [0.717, 1.165) is 40.9 Å². The molecule has 0 saturated heterocycles. The first-order valence-corrected chi connectivity index (χ1v) is 7.96. The van der Waals surface area contributed by atoms with Gasteiger partial charge in [-0.2, -0.15) is 4.99 Å². The van der Waals surface area contributed by atoms with Crippen LogP contribution in [0.1, 0.15) is 25.7 Å². The van der Waals surface area contributed by atoms with Gasteiger partial charge in [0.2, 0.25) is 5.70 Å². The maximum Gasteiger partial charge on any atom is 0.292 e. The van der Waals surface area contributed by atoms with Gasteiger partial charge in [0.05, 0.1) is 35.0 Å². The standard InChI is InChI=1S/C13H16ClIN3O/c14-18-6-5-16-7-11(18)12(17-13(18)15)10-3-1-9(8-19)2-4-10/h5-7,9-10,19H,1-4,8H2/q+1. The summed E-state index contributed by atoms with van der Waals surface area (Å²) < 4.78 is 0.996. The van der Waals surface area contributed by atoms with Crippen molar-refractivity contribution in [3.05, 3.63) is 23.8 Å². The third-order valence-corrected chi connectivity index (χ3v) is 5.88. The van der Waals surface area contributed by atoms with Gasteiger partial charge in [0.25, 0.3) is 3.84 Å². The molecule has 102 valence electrons. The lowest BCUT2D eigenvalue weighted by molar-refractivity contribution is -0.594. The smallest absolute Gasteiger partial charge is 0.292 e. The lowest BCUT2D eigenvalue weighted by atomic mass is 9.80. The fraction of sp³-hybridized carbons (Fsp3) is 0.538. The number of amidine groups is 1. The number of aliphatic hydroxyl groups is 1. The molecule has 2 aliphatic heterocycles. The van der Waals surface area contributed by atoms with Gasteiger partial charge in [-0.15, -0.1) is 4.00 Å². The fourth-order valence-corrected chi connectivity index (χ4v) is 3.85. The van der Waals surface area contributed by atoms with E-state index in [1.807, 2.05) is 12.4 Å². The summed E-state index contributed by atoms with van der Waals surface area (Å²) in [4.78, 5) is 8.89. The number of rotatable bonds is 2. The minimum Gasteiger partial charge on any atom is -0.396 e. The molecule has 0 spiro atoms. The van der Waals surface area contributed by atoms with Crippen LogP contribution in [0.5, 0.6) is 0 Å². The minimum atomic E-state index is 0.138. The number of fused-ring (bicyclic) bond motifs is 1. The minimum absolute atomic E-state index is 0.138. The van der Waals surface area contributed by atoms with E-state index >= 15 is 0 Å². The van der Waals surface area contributed by atoms with Gasteiger partial charge in [-0.1, -0.05) is 0 Å². The van der Waals surface area contributed by atoms with Gasteiger partial charge in [-0.25, -0.2) is 0 Å². The Morgan fingerprint density at radius 1 is 1.37 bits per heavy atom. The first-order chi connectivity index (χ1) is 9.15. The zero-order chi connectivity index (χ0) is 13.5. The molecule has 3 rings (SSSR count). The lowest BCUT2D eigenvalue weighted by Crippen LogP contribution is -2.34. The summed E-state index contributed by atoms with van der Waals surface area (Å²) in [7, 11) is 0. The maximum atomic E-state index is 9.22. The third-order valence-electron chi connectivity index (χ3n) is 4.14. The molecule has 3 aliphatic rings. The molecular weight excluding hydrogens is 377 g/mol. The second-order valence-corrected chi connectivity index (χ2v) is 6.76. The number of allylic oxidation sites excluding steroid dienone is 2. The van der Waals surface area contributed by atoms with Crippen LogP contribution in [-0.2, 0) is 0 Å². The van der Waals surface area contributed by atoms with E-state index in [4.69, 9.17) is 16.8 Å². The van der Waals surface area contributed by atoms with Crippen LogP contribution < -0.4 is 0 Å². The third kappa shape index (κ3) is 2.30. The normalized spacial score (nSPS) is 37.5. The molecule has 0 radical (unpaired) electrons. The van der Waals surface area contributed by atoms with E-state index < -0.39 is 0 Å². The van der Waals surface area contributed by atoms with E-state index in [0.29, 0.717) is 18.4 Å². The van der Waals surface area contributed by atoms with Crippen molar-refractivity contribution in [3.8, 4) is 0 Å². The van der Waals surface area contributed by atoms with Crippen molar-refractivity contribution < 1.29 is 9.11 Å². The molecule has 6 heteroatoms. The Kier molecular flexibility index (Phi) is 3.81. The number of aliphatic hydroxyl groups excluding tert-OH is 1. The Labute approximate surface area is 131 Å². The van der Waals surface area contributed by atoms with Gasteiger partial charge >= 0.3 is 0 Å². The lowest BCUT2D eigenvalue weighted by Gasteiger charge is -2.27. The molecule has 2 heterocycles. The zero-order valence-corrected chi connectivity index (χ0v) is 13.4. The SMILES string of the molecule is OCC1CCC(C2=C3C=NC=C[N+]3(Cl)C(I)=N2)CC1. The van der Waals surface area contributed by atoms with Crippen molar-refractivity contribution in [3.63, 3.8) is 0 Å². The number of nitrogens with zero attached hydrogens (tertiary/aromatic N) is 3. The van der Waals surface area contributed by atoms with Crippen LogP contribution in [-0.4, -0.2) is 25.8 Å². The fourth-order valence-electron chi connectivity index (χ4n) is 2.95. The Bertz CT molecular complexity index is 506. The van der Waals surface area contributed by atoms with Crippen LogP contribution in [0.15, 0.2) is 33.8 Å². The summed E-state index contributed by atoms with van der Waals surface area (Å²) >= 11 is 8.82. The second-order valence-electron chi connectivity index (χ2n) is 5.26. The Hall–Kier alpha value is -0.240. The highest BCUT2D eigenvalue weighted by Gasteiger charge is 2.46. The maximum absolute atomic E-state index is 9.22. The molecule has 1 N–H and O–H groups in total. The summed E-state index contributed by atoms with van der Waals surface area (Å²) in [5.74, 6) is 0.903. The van der Waals surface area contributed by atoms with Crippen LogP contribution in [0.4, 0.5) is 0 Å². The number of hydrogen-bond acceptors (Lipinski definition) is 3. The Balaban J connectivity index is 1.87. The highest BCUT2D eigenvalue weighted by Crippen LogP contribution is 2.43. The average molecular weight is 393 g/mol. The topological polar surface area (TPSA) is 45.0 Å². The highest BCUT2D eigenvalue weighted by molar-refractivity contribution is 14.1. The molecule has 0 aromatic carbocycles. The Morgan fingerprint density at radius 3 is 2.79 bits per heavy atom. The van der Waals surface area contributed by atoms with Crippen LogP contribution in [0.25, 0.3) is 0 Å². The average Bonchev–Trinajstić information content (AvgIpc) is 2.71. The van der Waals surface area contributed by atoms with E-state index in [1.165, 1.54) is 0 Å². The van der Waals surface area contributed by atoms with E-state index in [9.17, 15) is 5.11 Å². The zero-order valence-electron chi connectivity index (χ0n) is 10.5. The number of hydrogen-bond donors (Lipinski definition) is 1. The van der Waals surface area contributed by atoms with Crippen molar-refractivity contribution in [1.29, 1.82) is 0 Å². The van der Waals surface area contributed by atoms with Gasteiger partial charge < -0.3 is 5.11 Å². The second kappa shape index (κ2) is 5.27. The number of halogens is 2. The van der Waals surface area contributed by atoms with Crippen LogP contribution in [0.2, 0.25) is 0 Å². The molecule has 1 saturated carbocycles. The van der Waals surface area contributed by atoms with Gasteiger partial charge in [0.15, 0.2) is 11.8 Å². The quantitative estimate of drug-likeness (QED) is 0.437. The van der Waals surface area contributed by atoms with Gasteiger partial charge in [-0.05, 0) is 31.6 Å². The molecule has 1 unspecified atom stereocenters. The van der Waals surface area contributed by atoms with E-state index in [1.54, 1.807) is 6.20 Å². The van der Waals surface area contributed by atoms with Crippen LogP contribution in [0.3, 0.4) is 0 Å². The molecule has 0 aromatic rings. The summed E-state index contributed by atoms with van der Waals surface area (Å²) in [5, 5.41) is 9.22. The summed E-state index contributed by atoms with van der Waals surface area (Å²) in [6.07, 6.45) is 9.69. The van der Waals surface area contributed by atoms with Gasteiger partial charge in [-0.3, -0.25) is 4.99 Å². The summed E-state index contributed by atoms with van der Waals surface area (Å²) in [6.45, 7) is 0.305. The van der Waals surface area contributed by atoms with Crippen molar-refractivity contribution in [1.82, 2.24) is 0 Å². The summed E-state index contributed by atoms with van der Waals surface area (Å²) in [5.41, 5.74) is 2.07. The van der Waals surface area contributed by atoms with Gasteiger partial charge in [0, 0.05) is 12.5 Å². The number of aliphatic imine (C=N–C) groups is 2. The van der Waals surface area contributed by atoms with Crippen molar-refractivity contribution >= 4 is 44.4 Å². The molecule has 1 aliphatic carbocycles. The molecule has 0 bridgehead atoms. The first kappa shape index (κ1) is 13.7. The largest absolute Gasteiger partial charge is 0.396 e. The predicted molar refractivity (Wildman–Crippen MR) is 84.8 cm³/mol. The Morgan fingerprint density at radius 2 is 2.11 bits per heavy atom. The molecule has 0 amide bonds. The molecule has 0 aromatic heterocycles. The van der Waals surface area contributed by atoms with Crippen molar-refractivity contribution in [2.45, 2.75) is 25.7 Å². The molecule has 1 fully saturated rings. The monoisotopic (exact) mass is 392 g/mol. The molecule has 1 atom stereocenters. The summed E-state index contributed by atoms with van der Waals surface area (Å²) in [6, 6.07) is 0. The van der Waals surface area contributed by atoms with E-state index in [-0.39, 0.29) is 4.00 Å². The highest BCUT2D eigenvalue weighted by atomic mass is 127. The molecule has 4 nitrogen and oxygen atoms in total. The van der Waals surface area contributed by atoms with Gasteiger partial charge in [0.1, 0.15) is 11.9 Å². The first-order valence-electron chi connectivity index (χ1n) is 6.55. The van der Waals surface area contributed by atoms with Crippen molar-refractivity contribution in [2.24, 2.45) is 21.8 Å². The number of quaternary nitrogens is 1. The van der Waals surface area contributed by atoms with Crippen LogP contribution >= 0.6 is 34.4 Å². The van der Waals surface area contributed by atoms with Crippen molar-refractivity contribution in [2.75, 3.05) is 6.61 Å². The molecule has 19 heavy (non-hydrogen) atoms.